The van der Waals surface area contributed by atoms with Crippen molar-refractivity contribution >= 4 is 19.2 Å². The molecular formula is C7H12BNO4. The van der Waals surface area contributed by atoms with Crippen molar-refractivity contribution in [3.8, 4) is 0 Å². The Bertz CT molecular complexity index is 231. The Hall–Kier alpha value is -1.20. The molecule has 5 nitrogen and oxygen atoms in total. The lowest BCUT2D eigenvalue weighted by Gasteiger charge is -2.13. The van der Waals surface area contributed by atoms with Gasteiger partial charge in [0.15, 0.2) is 0 Å². The Morgan fingerprint density at radius 1 is 1.38 bits per heavy atom. The average molecular weight is 185 g/mol. The fourth-order valence-electron chi connectivity index (χ4n) is 0.911. The van der Waals surface area contributed by atoms with Crippen molar-refractivity contribution in [2.24, 2.45) is 0 Å². The largest absolute Gasteiger partial charge is 0.602 e. The van der Waals surface area contributed by atoms with Crippen molar-refractivity contribution in [3.05, 3.63) is 0 Å². The predicted molar refractivity (Wildman–Crippen MR) is 46.1 cm³/mol. The molecule has 1 fully saturated rings. The van der Waals surface area contributed by atoms with E-state index in [-0.39, 0.29) is 12.4 Å². The summed E-state index contributed by atoms with van der Waals surface area (Å²) in [5, 5.41) is 0. The Kier molecular flexibility index (Phi) is 2.80. The van der Waals surface area contributed by atoms with Crippen LogP contribution in [-0.4, -0.2) is 37.7 Å². The number of carbonyl (C=O) groups is 2. The zero-order valence-electron chi connectivity index (χ0n) is 7.94. The molecule has 1 aliphatic rings. The summed E-state index contributed by atoms with van der Waals surface area (Å²) in [6.07, 6.45) is -0.524. The maximum Gasteiger partial charge on any atom is 0.602 e. The molecule has 0 aromatic carbocycles. The van der Waals surface area contributed by atoms with Crippen molar-refractivity contribution in [1.29, 1.82) is 0 Å². The molecule has 0 N–H and O–H groups in total. The first-order chi connectivity index (χ1) is 6.00. The molecule has 0 aliphatic carbocycles. The first-order valence-corrected chi connectivity index (χ1v) is 4.12. The summed E-state index contributed by atoms with van der Waals surface area (Å²) < 4.78 is 9.79. The van der Waals surface area contributed by atoms with Gasteiger partial charge < -0.3 is 14.2 Å². The predicted octanol–water partition coefficient (Wildman–Crippen LogP) is 0.510. The molecule has 1 rings (SSSR count). The minimum atomic E-state index is -0.759. The first-order valence-electron chi connectivity index (χ1n) is 4.12. The lowest BCUT2D eigenvalue weighted by atomic mass is 9.74. The molecular weight excluding hydrogens is 173 g/mol. The van der Waals surface area contributed by atoms with Gasteiger partial charge in [0.1, 0.15) is 6.54 Å². The number of nitrogens with zero attached hydrogens (tertiary/aromatic N) is 1. The quantitative estimate of drug-likeness (QED) is 0.558. The highest BCUT2D eigenvalue weighted by atomic mass is 16.7. The van der Waals surface area contributed by atoms with E-state index in [0.717, 1.165) is 0 Å². The molecule has 1 amide bonds. The number of likely N-dealkylation sites (N-methyl/N-ethyl adjacent to an activating group) is 1. The molecule has 72 valence electrons. The van der Waals surface area contributed by atoms with Crippen LogP contribution in [0.15, 0.2) is 0 Å². The Labute approximate surface area is 77.1 Å². The van der Waals surface area contributed by atoms with E-state index in [1.807, 2.05) is 13.8 Å². The van der Waals surface area contributed by atoms with Crippen molar-refractivity contribution in [1.82, 2.24) is 4.90 Å². The maximum atomic E-state index is 11.1. The van der Waals surface area contributed by atoms with Gasteiger partial charge in [-0.3, -0.25) is 4.79 Å². The Morgan fingerprint density at radius 2 is 2.00 bits per heavy atom. The van der Waals surface area contributed by atoms with Crippen LogP contribution < -0.4 is 0 Å². The van der Waals surface area contributed by atoms with Crippen LogP contribution in [0.2, 0.25) is 5.82 Å². The summed E-state index contributed by atoms with van der Waals surface area (Å²) in [7, 11) is 0.733. The van der Waals surface area contributed by atoms with Gasteiger partial charge in [0.05, 0.1) is 0 Å². The standard InChI is InChI=1S/C7H12BNO4/c1-5(2)8-12-6(10)4-9(3)7(11)13-8/h5H,4H2,1-3H3. The lowest BCUT2D eigenvalue weighted by molar-refractivity contribution is -0.135. The van der Waals surface area contributed by atoms with E-state index < -0.39 is 19.2 Å². The van der Waals surface area contributed by atoms with E-state index >= 15 is 0 Å². The minimum Gasteiger partial charge on any atom is -0.498 e. The monoisotopic (exact) mass is 185 g/mol. The summed E-state index contributed by atoms with van der Waals surface area (Å²) in [6, 6.07) is 0. The van der Waals surface area contributed by atoms with Crippen LogP contribution in [0.3, 0.4) is 0 Å². The third kappa shape index (κ3) is 2.37. The van der Waals surface area contributed by atoms with Crippen molar-refractivity contribution in [2.45, 2.75) is 19.7 Å². The fraction of sp³-hybridized carbons (Fsp3) is 0.714. The van der Waals surface area contributed by atoms with Crippen molar-refractivity contribution in [3.63, 3.8) is 0 Å². The van der Waals surface area contributed by atoms with E-state index in [2.05, 4.69) is 0 Å². The molecule has 0 aromatic rings. The second-order valence-corrected chi connectivity index (χ2v) is 3.34. The van der Waals surface area contributed by atoms with Crippen LogP contribution in [0.1, 0.15) is 13.8 Å². The van der Waals surface area contributed by atoms with Crippen molar-refractivity contribution in [2.75, 3.05) is 13.6 Å². The third-order valence-electron chi connectivity index (χ3n) is 1.69. The Balaban J connectivity index is 2.71. The number of hydrogen-bond donors (Lipinski definition) is 0. The normalized spacial score (nSPS) is 18.5. The van der Waals surface area contributed by atoms with Crippen LogP contribution in [0.4, 0.5) is 4.79 Å². The van der Waals surface area contributed by atoms with Gasteiger partial charge in [-0.2, -0.15) is 0 Å². The van der Waals surface area contributed by atoms with Gasteiger partial charge in [-0.1, -0.05) is 13.8 Å². The number of carbonyl (C=O) groups excluding carboxylic acids is 2. The number of amides is 1. The SMILES string of the molecule is CC(C)B1OC(=O)CN(C)C(=O)O1. The van der Waals surface area contributed by atoms with Gasteiger partial charge in [0.25, 0.3) is 0 Å². The zero-order valence-corrected chi connectivity index (χ0v) is 7.94. The van der Waals surface area contributed by atoms with Gasteiger partial charge in [-0.25, -0.2) is 4.79 Å². The van der Waals surface area contributed by atoms with E-state index in [0.29, 0.717) is 0 Å². The van der Waals surface area contributed by atoms with Gasteiger partial charge in [-0.05, 0) is 0 Å². The third-order valence-corrected chi connectivity index (χ3v) is 1.69. The van der Waals surface area contributed by atoms with Crippen LogP contribution in [0, 0.1) is 0 Å². The smallest absolute Gasteiger partial charge is 0.498 e. The Morgan fingerprint density at radius 3 is 2.54 bits per heavy atom. The molecule has 0 unspecified atom stereocenters. The van der Waals surface area contributed by atoms with Gasteiger partial charge in [-0.15, -0.1) is 0 Å². The lowest BCUT2D eigenvalue weighted by Crippen LogP contribution is -2.31. The van der Waals surface area contributed by atoms with Crippen molar-refractivity contribution < 1.29 is 18.9 Å². The van der Waals surface area contributed by atoms with E-state index in [9.17, 15) is 9.59 Å². The van der Waals surface area contributed by atoms with E-state index in [1.165, 1.54) is 11.9 Å². The molecule has 6 heteroatoms. The van der Waals surface area contributed by atoms with Crippen LogP contribution in [0.5, 0.6) is 0 Å². The molecule has 0 radical (unpaired) electrons. The van der Waals surface area contributed by atoms with Crippen LogP contribution >= 0.6 is 0 Å². The van der Waals surface area contributed by atoms with Gasteiger partial charge in [0.2, 0.25) is 0 Å². The summed E-state index contributed by atoms with van der Waals surface area (Å²) in [5.74, 6) is -0.466. The zero-order chi connectivity index (χ0) is 10.0. The summed E-state index contributed by atoms with van der Waals surface area (Å²) in [4.78, 5) is 23.4. The number of rotatable bonds is 1. The molecule has 0 atom stereocenters. The molecule has 1 heterocycles. The molecule has 0 aromatic heterocycles. The van der Waals surface area contributed by atoms with Crippen LogP contribution in [-0.2, 0) is 14.1 Å². The molecule has 1 aliphatic heterocycles. The molecule has 0 saturated carbocycles. The average Bonchev–Trinajstić information content (AvgIpc) is 2.12. The fourth-order valence-corrected chi connectivity index (χ4v) is 0.911. The highest BCUT2D eigenvalue weighted by molar-refractivity contribution is 6.50. The molecule has 13 heavy (non-hydrogen) atoms. The highest BCUT2D eigenvalue weighted by Gasteiger charge is 2.36. The molecule has 1 saturated heterocycles. The molecule has 0 spiro atoms. The van der Waals surface area contributed by atoms with E-state index in [1.54, 1.807) is 0 Å². The summed E-state index contributed by atoms with van der Waals surface area (Å²) in [5.41, 5.74) is 0. The summed E-state index contributed by atoms with van der Waals surface area (Å²) in [6.45, 7) is 3.58. The van der Waals surface area contributed by atoms with Gasteiger partial charge >= 0.3 is 19.2 Å². The van der Waals surface area contributed by atoms with Gasteiger partial charge in [0, 0.05) is 12.9 Å². The second kappa shape index (κ2) is 3.68. The van der Waals surface area contributed by atoms with E-state index in [4.69, 9.17) is 9.31 Å². The maximum absolute atomic E-state index is 11.1. The first kappa shape index (κ1) is 9.89. The summed E-state index contributed by atoms with van der Waals surface area (Å²) >= 11 is 0. The highest BCUT2D eigenvalue weighted by Crippen LogP contribution is 2.14. The molecule has 0 bridgehead atoms. The number of hydrogen-bond acceptors (Lipinski definition) is 4. The second-order valence-electron chi connectivity index (χ2n) is 3.34. The minimum absolute atomic E-state index is 0.0283. The van der Waals surface area contributed by atoms with Crippen LogP contribution in [0.25, 0.3) is 0 Å². The topological polar surface area (TPSA) is 55.8 Å².